The SMILES string of the molecule is Cc1cc2cc(C(=O)NCC(O)(c3cc4c(c(-c5ccc(C(F)(F)F)cc5)n3)OCC4(CF)CF)C(F)(F)F)cc(OC3CC3)c2nn1. The number of ether oxygens (including phenoxy) is 2. The van der Waals surface area contributed by atoms with Gasteiger partial charge in [0, 0.05) is 22.1 Å². The summed E-state index contributed by atoms with van der Waals surface area (Å²) in [6.45, 7) is -3.32. The Morgan fingerprint density at radius 1 is 1.02 bits per heavy atom. The normalized spacial score (nSPS) is 17.0. The molecular formula is C32H26F8N4O4. The molecule has 1 aliphatic carbocycles. The van der Waals surface area contributed by atoms with E-state index in [4.69, 9.17) is 9.47 Å². The Bertz CT molecular complexity index is 1880. The number of pyridine rings is 1. The Kier molecular flexibility index (Phi) is 8.20. The highest BCUT2D eigenvalue weighted by atomic mass is 19.4. The molecule has 254 valence electrons. The number of amides is 1. The summed E-state index contributed by atoms with van der Waals surface area (Å²) in [5.41, 5.74) is -8.61. The van der Waals surface area contributed by atoms with Gasteiger partial charge in [-0.25, -0.2) is 13.8 Å². The van der Waals surface area contributed by atoms with E-state index in [-0.39, 0.29) is 28.7 Å². The number of nitrogens with one attached hydrogen (secondary N) is 1. The van der Waals surface area contributed by atoms with E-state index in [2.05, 4.69) is 20.5 Å². The molecule has 8 nitrogen and oxygen atoms in total. The lowest BCUT2D eigenvalue weighted by atomic mass is 9.82. The number of nitrogens with zero attached hydrogens (tertiary/aromatic N) is 3. The number of alkyl halides is 8. The number of hydrogen-bond acceptors (Lipinski definition) is 7. The monoisotopic (exact) mass is 682 g/mol. The van der Waals surface area contributed by atoms with Crippen LogP contribution >= 0.6 is 0 Å². The van der Waals surface area contributed by atoms with Gasteiger partial charge < -0.3 is 19.9 Å². The van der Waals surface area contributed by atoms with Gasteiger partial charge in [0.1, 0.15) is 42.7 Å². The third-order valence-electron chi connectivity index (χ3n) is 8.29. The van der Waals surface area contributed by atoms with Gasteiger partial charge >= 0.3 is 12.4 Å². The number of carbonyl (C=O) groups excluding carboxylic acids is 1. The van der Waals surface area contributed by atoms with Crippen molar-refractivity contribution in [3.8, 4) is 22.8 Å². The predicted molar refractivity (Wildman–Crippen MR) is 154 cm³/mol. The maximum atomic E-state index is 14.8. The lowest BCUT2D eigenvalue weighted by Gasteiger charge is -2.31. The Morgan fingerprint density at radius 2 is 1.71 bits per heavy atom. The van der Waals surface area contributed by atoms with Crippen LogP contribution < -0.4 is 14.8 Å². The molecule has 1 aliphatic heterocycles. The summed E-state index contributed by atoms with van der Waals surface area (Å²) in [6.07, 6.45) is -8.87. The maximum absolute atomic E-state index is 14.8. The molecule has 2 aromatic carbocycles. The van der Waals surface area contributed by atoms with Gasteiger partial charge in [-0.1, -0.05) is 12.1 Å². The predicted octanol–water partition coefficient (Wildman–Crippen LogP) is 6.31. The van der Waals surface area contributed by atoms with Crippen LogP contribution in [-0.4, -0.2) is 65.0 Å². The summed E-state index contributed by atoms with van der Waals surface area (Å²) in [5.74, 6) is -1.20. The van der Waals surface area contributed by atoms with Crippen LogP contribution in [0.2, 0.25) is 0 Å². The smallest absolute Gasteiger partial charge is 0.424 e. The highest BCUT2D eigenvalue weighted by Gasteiger charge is 2.57. The van der Waals surface area contributed by atoms with E-state index >= 15 is 0 Å². The second-order valence-corrected chi connectivity index (χ2v) is 11.9. The molecule has 2 aliphatic rings. The minimum absolute atomic E-state index is 0.121. The number of rotatable bonds is 9. The average Bonchev–Trinajstić information content (AvgIpc) is 3.79. The molecule has 0 radical (unpaired) electrons. The number of fused-ring (bicyclic) bond motifs is 2. The van der Waals surface area contributed by atoms with E-state index in [1.165, 1.54) is 12.1 Å². The Labute approximate surface area is 267 Å². The summed E-state index contributed by atoms with van der Waals surface area (Å²) >= 11 is 0. The molecule has 1 fully saturated rings. The molecule has 1 amide bonds. The van der Waals surface area contributed by atoms with Crippen LogP contribution in [0.15, 0.2) is 48.5 Å². The van der Waals surface area contributed by atoms with Crippen molar-refractivity contribution in [2.24, 2.45) is 0 Å². The van der Waals surface area contributed by atoms with Crippen molar-refractivity contribution < 1.29 is 54.5 Å². The van der Waals surface area contributed by atoms with Crippen molar-refractivity contribution in [2.75, 3.05) is 26.5 Å². The highest BCUT2D eigenvalue weighted by Crippen LogP contribution is 2.48. The lowest BCUT2D eigenvalue weighted by molar-refractivity contribution is -0.265. The first-order valence-corrected chi connectivity index (χ1v) is 14.6. The molecule has 0 saturated heterocycles. The second kappa shape index (κ2) is 11.8. The van der Waals surface area contributed by atoms with Crippen LogP contribution in [-0.2, 0) is 17.2 Å². The van der Waals surface area contributed by atoms with Crippen LogP contribution in [0.4, 0.5) is 35.1 Å². The summed E-state index contributed by atoms with van der Waals surface area (Å²) in [6, 6.07) is 8.02. The van der Waals surface area contributed by atoms with Crippen LogP contribution in [0, 0.1) is 6.92 Å². The molecule has 16 heteroatoms. The number of aliphatic hydroxyl groups is 1. The number of aryl methyl sites for hydroxylation is 1. The molecule has 2 aromatic heterocycles. The molecule has 6 rings (SSSR count). The van der Waals surface area contributed by atoms with Gasteiger partial charge in [0.15, 0.2) is 0 Å². The maximum Gasteiger partial charge on any atom is 0.424 e. The van der Waals surface area contributed by atoms with Crippen LogP contribution in [0.1, 0.15) is 45.7 Å². The van der Waals surface area contributed by atoms with E-state index in [0.717, 1.165) is 25.0 Å². The van der Waals surface area contributed by atoms with Gasteiger partial charge in [0.2, 0.25) is 5.60 Å². The molecule has 48 heavy (non-hydrogen) atoms. The highest BCUT2D eigenvalue weighted by molar-refractivity contribution is 6.00. The number of aromatic nitrogens is 3. The van der Waals surface area contributed by atoms with E-state index in [1.54, 1.807) is 13.0 Å². The van der Waals surface area contributed by atoms with Gasteiger partial charge in [0.05, 0.1) is 35.0 Å². The zero-order chi connectivity index (χ0) is 34.6. The van der Waals surface area contributed by atoms with Gasteiger partial charge in [-0.05, 0) is 56.2 Å². The Balaban J connectivity index is 1.41. The molecule has 1 unspecified atom stereocenters. The van der Waals surface area contributed by atoms with Gasteiger partial charge in [-0.2, -0.15) is 31.4 Å². The third-order valence-corrected chi connectivity index (χ3v) is 8.29. The summed E-state index contributed by atoms with van der Waals surface area (Å²) < 4.78 is 124. The molecular weight excluding hydrogens is 656 g/mol. The van der Waals surface area contributed by atoms with Crippen molar-refractivity contribution in [1.82, 2.24) is 20.5 Å². The number of hydrogen-bond donors (Lipinski definition) is 2. The first-order valence-electron chi connectivity index (χ1n) is 14.6. The summed E-state index contributed by atoms with van der Waals surface area (Å²) in [7, 11) is 0. The average molecular weight is 683 g/mol. The van der Waals surface area contributed by atoms with Crippen molar-refractivity contribution >= 4 is 16.8 Å². The summed E-state index contributed by atoms with van der Waals surface area (Å²) in [4.78, 5) is 17.2. The fourth-order valence-electron chi connectivity index (χ4n) is 5.30. The lowest BCUT2D eigenvalue weighted by Crippen LogP contribution is -2.51. The van der Waals surface area contributed by atoms with Crippen LogP contribution in [0.3, 0.4) is 0 Å². The zero-order valence-electron chi connectivity index (χ0n) is 25.0. The molecule has 0 spiro atoms. The van der Waals surface area contributed by atoms with E-state index in [1.807, 2.05) is 0 Å². The van der Waals surface area contributed by atoms with E-state index in [0.29, 0.717) is 34.8 Å². The zero-order valence-corrected chi connectivity index (χ0v) is 25.0. The number of carbonyl (C=O) groups is 1. The standard InChI is InChI=1S/C32H26F8N4O4/c1-16-8-18-9-19(10-23(25(18)44-43-16)48-21-6-7-21)28(45)41-14-30(46,32(38,39)40)24-11-22-27(47-15-29(22,12-33)13-34)26(42-24)17-2-4-20(5-3-17)31(35,36)37/h2-5,8-11,21,46H,6-7,12-15H2,1H3,(H,41,45). The van der Waals surface area contributed by atoms with E-state index < -0.39 is 78.3 Å². The molecule has 1 atom stereocenters. The van der Waals surface area contributed by atoms with E-state index in [9.17, 15) is 45.0 Å². The Hall–Kier alpha value is -4.60. The fourth-order valence-corrected chi connectivity index (χ4v) is 5.30. The first-order chi connectivity index (χ1) is 22.6. The molecule has 3 heterocycles. The van der Waals surface area contributed by atoms with Crippen molar-refractivity contribution in [1.29, 1.82) is 0 Å². The molecule has 1 saturated carbocycles. The molecule has 2 N–H and O–H groups in total. The van der Waals surface area contributed by atoms with Crippen LogP contribution in [0.25, 0.3) is 22.2 Å². The number of benzene rings is 2. The van der Waals surface area contributed by atoms with Gasteiger partial charge in [-0.15, -0.1) is 5.10 Å². The Morgan fingerprint density at radius 3 is 2.31 bits per heavy atom. The van der Waals surface area contributed by atoms with Crippen molar-refractivity contribution in [3.63, 3.8) is 0 Å². The first kappa shape index (κ1) is 33.3. The fraction of sp³-hybridized carbons (Fsp3) is 0.375. The van der Waals surface area contributed by atoms with Gasteiger partial charge in [-0.3, -0.25) is 4.79 Å². The minimum atomic E-state index is -5.52. The largest absolute Gasteiger partial charge is 0.490 e. The van der Waals surface area contributed by atoms with Crippen molar-refractivity contribution in [2.45, 2.75) is 49.2 Å². The van der Waals surface area contributed by atoms with Gasteiger partial charge in [0.25, 0.3) is 5.91 Å². The second-order valence-electron chi connectivity index (χ2n) is 11.9. The minimum Gasteiger partial charge on any atom is -0.490 e. The van der Waals surface area contributed by atoms with Crippen LogP contribution in [0.5, 0.6) is 11.5 Å². The topological polar surface area (TPSA) is 106 Å². The third kappa shape index (κ3) is 5.97. The summed E-state index contributed by atoms with van der Waals surface area (Å²) in [5, 5.41) is 21.8. The quantitative estimate of drug-likeness (QED) is 0.200. The number of halogens is 8. The van der Waals surface area contributed by atoms with Crippen molar-refractivity contribution in [3.05, 3.63) is 76.6 Å². The molecule has 4 aromatic rings. The molecule has 0 bridgehead atoms.